The predicted molar refractivity (Wildman–Crippen MR) is 74.3 cm³/mol. The van der Waals surface area contributed by atoms with Crippen molar-refractivity contribution >= 4 is 23.2 Å². The van der Waals surface area contributed by atoms with Crippen molar-refractivity contribution in [3.05, 3.63) is 29.6 Å². The highest BCUT2D eigenvalue weighted by Crippen LogP contribution is 2.21. The Morgan fingerprint density at radius 3 is 2.68 bits per heavy atom. The molecule has 0 spiro atoms. The van der Waals surface area contributed by atoms with Gasteiger partial charge in [-0.05, 0) is 30.7 Å². The van der Waals surface area contributed by atoms with E-state index in [9.17, 15) is 4.79 Å². The maximum Gasteiger partial charge on any atom is 0.293 e. The van der Waals surface area contributed by atoms with Crippen molar-refractivity contribution in [2.24, 2.45) is 0 Å². The molecule has 0 radical (unpaired) electrons. The summed E-state index contributed by atoms with van der Waals surface area (Å²) >= 11 is 0. The number of nitrogens with zero attached hydrogens (tertiary/aromatic N) is 3. The highest BCUT2D eigenvalue weighted by Gasteiger charge is 2.12. The van der Waals surface area contributed by atoms with E-state index in [0.29, 0.717) is 0 Å². The molecule has 0 aliphatic heterocycles. The van der Waals surface area contributed by atoms with Gasteiger partial charge in [0.15, 0.2) is 0 Å². The summed E-state index contributed by atoms with van der Waals surface area (Å²) in [5.41, 5.74) is 8.11. The summed E-state index contributed by atoms with van der Waals surface area (Å²) in [7, 11) is 3.93. The van der Waals surface area contributed by atoms with E-state index in [1.807, 2.05) is 44.1 Å². The van der Waals surface area contributed by atoms with Crippen LogP contribution in [0, 0.1) is 6.92 Å². The fourth-order valence-corrected chi connectivity index (χ4v) is 1.62. The Kier molecular flexibility index (Phi) is 3.37. The molecule has 0 saturated heterocycles. The summed E-state index contributed by atoms with van der Waals surface area (Å²) in [4.78, 5) is 17.7. The summed E-state index contributed by atoms with van der Waals surface area (Å²) in [6, 6.07) is 5.77. The summed E-state index contributed by atoms with van der Waals surface area (Å²) in [5.74, 6) is -0.233. The SMILES string of the molecule is Cc1cc(N(C)C)ccc1NC(=O)c1nc(N)n[nH]1. The third-order valence-corrected chi connectivity index (χ3v) is 2.69. The van der Waals surface area contributed by atoms with Crippen LogP contribution in [0.1, 0.15) is 16.2 Å². The van der Waals surface area contributed by atoms with Gasteiger partial charge in [-0.15, -0.1) is 5.10 Å². The number of nitrogens with one attached hydrogen (secondary N) is 2. The highest BCUT2D eigenvalue weighted by atomic mass is 16.2. The molecule has 19 heavy (non-hydrogen) atoms. The zero-order valence-corrected chi connectivity index (χ0v) is 11.1. The van der Waals surface area contributed by atoms with Gasteiger partial charge in [0.25, 0.3) is 5.91 Å². The van der Waals surface area contributed by atoms with Crippen molar-refractivity contribution in [3.8, 4) is 0 Å². The van der Waals surface area contributed by atoms with Gasteiger partial charge < -0.3 is 16.0 Å². The average Bonchev–Trinajstić information content (AvgIpc) is 2.78. The zero-order valence-electron chi connectivity index (χ0n) is 11.1. The van der Waals surface area contributed by atoms with Crippen LogP contribution >= 0.6 is 0 Å². The largest absolute Gasteiger partial charge is 0.378 e. The number of H-pyrrole nitrogens is 1. The lowest BCUT2D eigenvalue weighted by molar-refractivity contribution is 0.101. The van der Waals surface area contributed by atoms with E-state index < -0.39 is 0 Å². The Bertz CT molecular complexity index is 604. The number of nitrogens with two attached hydrogens (primary N) is 1. The second kappa shape index (κ2) is 4.97. The topological polar surface area (TPSA) is 99.9 Å². The minimum Gasteiger partial charge on any atom is -0.378 e. The standard InChI is InChI=1S/C12H16N6O/c1-7-6-8(18(2)3)4-5-9(7)14-11(19)10-15-12(13)17-16-10/h4-6H,1-3H3,(H,14,19)(H3,13,15,16,17). The fourth-order valence-electron chi connectivity index (χ4n) is 1.62. The maximum atomic E-state index is 11.9. The number of hydrogen-bond donors (Lipinski definition) is 3. The van der Waals surface area contributed by atoms with Gasteiger partial charge in [-0.1, -0.05) is 0 Å². The second-order valence-corrected chi connectivity index (χ2v) is 4.39. The molecule has 0 bridgehead atoms. The zero-order chi connectivity index (χ0) is 14.0. The monoisotopic (exact) mass is 260 g/mol. The fraction of sp³-hybridized carbons (Fsp3) is 0.250. The van der Waals surface area contributed by atoms with Gasteiger partial charge >= 0.3 is 0 Å². The van der Waals surface area contributed by atoms with Crippen molar-refractivity contribution < 1.29 is 4.79 Å². The van der Waals surface area contributed by atoms with Crippen molar-refractivity contribution in [3.63, 3.8) is 0 Å². The Morgan fingerprint density at radius 2 is 2.16 bits per heavy atom. The summed E-state index contributed by atoms with van der Waals surface area (Å²) in [5, 5.41) is 8.84. The second-order valence-electron chi connectivity index (χ2n) is 4.39. The molecule has 0 fully saturated rings. The molecule has 100 valence electrons. The van der Waals surface area contributed by atoms with E-state index in [1.54, 1.807) is 0 Å². The third-order valence-electron chi connectivity index (χ3n) is 2.69. The molecule has 0 aliphatic rings. The number of anilines is 3. The molecule has 0 aliphatic carbocycles. The average molecular weight is 260 g/mol. The molecule has 0 atom stereocenters. The van der Waals surface area contributed by atoms with E-state index >= 15 is 0 Å². The van der Waals surface area contributed by atoms with Crippen LogP contribution in [0.2, 0.25) is 0 Å². The number of aromatic nitrogens is 3. The van der Waals surface area contributed by atoms with Crippen LogP contribution in [0.25, 0.3) is 0 Å². The van der Waals surface area contributed by atoms with Gasteiger partial charge in [-0.2, -0.15) is 4.98 Å². The lowest BCUT2D eigenvalue weighted by Crippen LogP contribution is -2.15. The van der Waals surface area contributed by atoms with Gasteiger partial charge in [0, 0.05) is 25.5 Å². The summed E-state index contributed by atoms with van der Waals surface area (Å²) < 4.78 is 0. The number of aryl methyl sites for hydroxylation is 1. The third kappa shape index (κ3) is 2.82. The van der Waals surface area contributed by atoms with Crippen molar-refractivity contribution in [2.45, 2.75) is 6.92 Å². The highest BCUT2D eigenvalue weighted by molar-refractivity contribution is 6.02. The van der Waals surface area contributed by atoms with Crippen LogP contribution in [-0.2, 0) is 0 Å². The molecule has 0 unspecified atom stereocenters. The molecule has 2 aromatic rings. The lowest BCUT2D eigenvalue weighted by atomic mass is 10.1. The maximum absolute atomic E-state index is 11.9. The van der Waals surface area contributed by atoms with E-state index in [1.165, 1.54) is 0 Å². The Balaban J connectivity index is 2.17. The number of hydrogen-bond acceptors (Lipinski definition) is 5. The van der Waals surface area contributed by atoms with Gasteiger partial charge in [-0.3, -0.25) is 9.89 Å². The molecule has 1 heterocycles. The predicted octanol–water partition coefficient (Wildman–Crippen LogP) is 1.01. The van der Waals surface area contributed by atoms with Crippen LogP contribution < -0.4 is 16.0 Å². The summed E-state index contributed by atoms with van der Waals surface area (Å²) in [6.45, 7) is 1.93. The molecule has 1 aromatic carbocycles. The Morgan fingerprint density at radius 1 is 1.42 bits per heavy atom. The van der Waals surface area contributed by atoms with Gasteiger partial charge in [-0.25, -0.2) is 0 Å². The Hall–Kier alpha value is -2.57. The van der Waals surface area contributed by atoms with Crippen molar-refractivity contribution in [1.29, 1.82) is 0 Å². The molecule has 0 saturated carbocycles. The number of benzene rings is 1. The lowest BCUT2D eigenvalue weighted by Gasteiger charge is -2.15. The first-order valence-corrected chi connectivity index (χ1v) is 5.74. The number of amides is 1. The molecule has 2 rings (SSSR count). The first-order chi connectivity index (χ1) is 8.97. The minimum atomic E-state index is -0.370. The van der Waals surface area contributed by atoms with Crippen molar-refractivity contribution in [1.82, 2.24) is 15.2 Å². The van der Waals surface area contributed by atoms with Crippen LogP contribution in [0.4, 0.5) is 17.3 Å². The molecule has 7 heteroatoms. The molecule has 1 aromatic heterocycles. The molecule has 1 amide bonds. The van der Waals surface area contributed by atoms with Gasteiger partial charge in [0.05, 0.1) is 0 Å². The number of nitrogen functional groups attached to an aromatic ring is 1. The minimum absolute atomic E-state index is 0.0461. The number of rotatable bonds is 3. The normalized spacial score (nSPS) is 10.3. The number of aromatic amines is 1. The van der Waals surface area contributed by atoms with Crippen molar-refractivity contribution in [2.75, 3.05) is 30.0 Å². The molecule has 7 nitrogen and oxygen atoms in total. The summed E-state index contributed by atoms with van der Waals surface area (Å²) in [6.07, 6.45) is 0. The van der Waals surface area contributed by atoms with Crippen LogP contribution in [-0.4, -0.2) is 35.2 Å². The smallest absolute Gasteiger partial charge is 0.293 e. The quantitative estimate of drug-likeness (QED) is 0.765. The number of carbonyl (C=O) groups is 1. The van der Waals surface area contributed by atoms with Crippen LogP contribution in [0.15, 0.2) is 18.2 Å². The van der Waals surface area contributed by atoms with Gasteiger partial charge in [0.1, 0.15) is 0 Å². The molecular weight excluding hydrogens is 244 g/mol. The number of carbonyl (C=O) groups excluding carboxylic acids is 1. The molecular formula is C12H16N6O. The van der Waals surface area contributed by atoms with E-state index in [2.05, 4.69) is 20.5 Å². The Labute approximate surface area is 110 Å². The van der Waals surface area contributed by atoms with Gasteiger partial charge in [0.2, 0.25) is 11.8 Å². The first kappa shape index (κ1) is 12.9. The van der Waals surface area contributed by atoms with Crippen LogP contribution in [0.3, 0.4) is 0 Å². The van der Waals surface area contributed by atoms with Crippen LogP contribution in [0.5, 0.6) is 0 Å². The molecule has 4 N–H and O–H groups in total. The van der Waals surface area contributed by atoms with E-state index in [-0.39, 0.29) is 17.7 Å². The van der Waals surface area contributed by atoms with E-state index in [0.717, 1.165) is 16.9 Å². The van der Waals surface area contributed by atoms with E-state index in [4.69, 9.17) is 5.73 Å². The first-order valence-electron chi connectivity index (χ1n) is 5.74.